The minimum atomic E-state index is -4.31. The van der Waals surface area contributed by atoms with E-state index in [0.717, 1.165) is 0 Å². The van der Waals surface area contributed by atoms with E-state index in [2.05, 4.69) is 10.3 Å². The standard InChI is InChI=1S/C9H7Cl2F3N2O/c10-6-2-1-5(7(11)16-6)8(17)15-4-3-9(12,13)14/h1-2H,3-4H2,(H,15,17). The highest BCUT2D eigenvalue weighted by atomic mass is 35.5. The summed E-state index contributed by atoms with van der Waals surface area (Å²) in [5.41, 5.74) is -0.0155. The molecule has 0 aliphatic rings. The van der Waals surface area contributed by atoms with Crippen LogP contribution in [0.3, 0.4) is 0 Å². The van der Waals surface area contributed by atoms with Gasteiger partial charge in [-0.25, -0.2) is 4.98 Å². The summed E-state index contributed by atoms with van der Waals surface area (Å²) in [6.07, 6.45) is -5.41. The quantitative estimate of drug-likeness (QED) is 0.868. The molecule has 0 bridgehead atoms. The highest BCUT2D eigenvalue weighted by molar-refractivity contribution is 6.34. The number of hydrogen-bond acceptors (Lipinski definition) is 2. The fourth-order valence-electron chi connectivity index (χ4n) is 0.994. The van der Waals surface area contributed by atoms with Crippen LogP contribution < -0.4 is 5.32 Å². The van der Waals surface area contributed by atoms with Gasteiger partial charge in [0.25, 0.3) is 5.91 Å². The molecule has 0 saturated heterocycles. The minimum absolute atomic E-state index is 0.0155. The Kier molecular flexibility index (Phi) is 4.59. The van der Waals surface area contributed by atoms with Gasteiger partial charge in [-0.15, -0.1) is 0 Å². The Morgan fingerprint density at radius 2 is 2.00 bits per heavy atom. The van der Waals surface area contributed by atoms with Crippen LogP contribution in [-0.4, -0.2) is 23.6 Å². The van der Waals surface area contributed by atoms with Crippen LogP contribution in [0, 0.1) is 0 Å². The Labute approximate surface area is 105 Å². The minimum Gasteiger partial charge on any atom is -0.352 e. The second kappa shape index (κ2) is 5.55. The van der Waals surface area contributed by atoms with Crippen molar-refractivity contribution >= 4 is 29.1 Å². The molecule has 3 nitrogen and oxygen atoms in total. The van der Waals surface area contributed by atoms with Crippen molar-refractivity contribution in [3.63, 3.8) is 0 Å². The van der Waals surface area contributed by atoms with Gasteiger partial charge >= 0.3 is 6.18 Å². The summed E-state index contributed by atoms with van der Waals surface area (Å²) in [4.78, 5) is 15.0. The molecule has 1 heterocycles. The normalized spacial score (nSPS) is 11.4. The number of carbonyl (C=O) groups excluding carboxylic acids is 1. The number of aromatic nitrogens is 1. The zero-order valence-corrected chi connectivity index (χ0v) is 9.83. The summed E-state index contributed by atoms with van der Waals surface area (Å²) < 4.78 is 35.5. The molecule has 0 aliphatic carbocycles. The van der Waals surface area contributed by atoms with Gasteiger partial charge in [-0.1, -0.05) is 23.2 Å². The average Bonchev–Trinajstić information content (AvgIpc) is 2.15. The predicted octanol–water partition coefficient (Wildman–Crippen LogP) is 3.07. The van der Waals surface area contributed by atoms with Crippen molar-refractivity contribution in [3.05, 3.63) is 28.0 Å². The highest BCUT2D eigenvalue weighted by Gasteiger charge is 2.26. The lowest BCUT2D eigenvalue weighted by molar-refractivity contribution is -0.132. The number of rotatable bonds is 3. The first kappa shape index (κ1) is 14.1. The molecule has 1 aromatic rings. The van der Waals surface area contributed by atoms with Gasteiger partial charge in [-0.05, 0) is 12.1 Å². The molecule has 0 spiro atoms. The molecule has 0 aliphatic heterocycles. The van der Waals surface area contributed by atoms with Crippen molar-refractivity contribution in [2.24, 2.45) is 0 Å². The second-order valence-electron chi connectivity index (χ2n) is 3.09. The Morgan fingerprint density at radius 3 is 2.53 bits per heavy atom. The topological polar surface area (TPSA) is 42.0 Å². The SMILES string of the molecule is O=C(NCCC(F)(F)F)c1ccc(Cl)nc1Cl. The first-order valence-electron chi connectivity index (χ1n) is 4.46. The van der Waals surface area contributed by atoms with Gasteiger partial charge in [0.05, 0.1) is 12.0 Å². The van der Waals surface area contributed by atoms with E-state index in [4.69, 9.17) is 23.2 Å². The fourth-order valence-corrected chi connectivity index (χ4v) is 1.43. The summed E-state index contributed by atoms with van der Waals surface area (Å²) in [7, 11) is 0. The molecule has 1 N–H and O–H groups in total. The van der Waals surface area contributed by atoms with E-state index in [1.807, 2.05) is 0 Å². The van der Waals surface area contributed by atoms with Crippen molar-refractivity contribution in [1.29, 1.82) is 0 Å². The molecule has 0 saturated carbocycles. The van der Waals surface area contributed by atoms with Crippen molar-refractivity contribution in [1.82, 2.24) is 10.3 Å². The summed E-state index contributed by atoms with van der Waals surface area (Å²) in [6.45, 7) is -0.513. The van der Waals surface area contributed by atoms with E-state index in [0.29, 0.717) is 0 Å². The molecule has 0 aromatic carbocycles. The Balaban J connectivity index is 2.59. The molecular weight excluding hydrogens is 280 g/mol. The van der Waals surface area contributed by atoms with Gasteiger partial charge in [0.1, 0.15) is 10.3 Å². The van der Waals surface area contributed by atoms with Crippen LogP contribution in [0.2, 0.25) is 10.3 Å². The summed E-state index contributed by atoms with van der Waals surface area (Å²) in [6, 6.07) is 2.62. The Morgan fingerprint density at radius 1 is 1.35 bits per heavy atom. The molecule has 8 heteroatoms. The third kappa shape index (κ3) is 4.79. The third-order valence-corrected chi connectivity index (χ3v) is 2.25. The predicted molar refractivity (Wildman–Crippen MR) is 57.3 cm³/mol. The molecule has 0 unspecified atom stereocenters. The van der Waals surface area contributed by atoms with E-state index in [1.54, 1.807) is 0 Å². The summed E-state index contributed by atoms with van der Waals surface area (Å²) in [5.74, 6) is -0.719. The Hall–Kier alpha value is -1.01. The van der Waals surface area contributed by atoms with E-state index in [1.165, 1.54) is 12.1 Å². The van der Waals surface area contributed by atoms with Crippen molar-refractivity contribution in [3.8, 4) is 0 Å². The lowest BCUT2D eigenvalue weighted by atomic mass is 10.2. The van der Waals surface area contributed by atoms with Crippen LogP contribution in [0.4, 0.5) is 13.2 Å². The molecule has 1 amide bonds. The third-order valence-electron chi connectivity index (χ3n) is 1.75. The smallest absolute Gasteiger partial charge is 0.352 e. The molecule has 17 heavy (non-hydrogen) atoms. The van der Waals surface area contributed by atoms with Crippen LogP contribution in [0.1, 0.15) is 16.8 Å². The number of alkyl halides is 3. The van der Waals surface area contributed by atoms with Crippen LogP contribution in [0.15, 0.2) is 12.1 Å². The molecular formula is C9H7Cl2F3N2O. The fraction of sp³-hybridized carbons (Fsp3) is 0.333. The first-order chi connectivity index (χ1) is 7.79. The van der Waals surface area contributed by atoms with Crippen molar-refractivity contribution in [2.75, 3.05) is 6.54 Å². The van der Waals surface area contributed by atoms with Crippen LogP contribution >= 0.6 is 23.2 Å². The highest BCUT2D eigenvalue weighted by Crippen LogP contribution is 2.19. The van der Waals surface area contributed by atoms with E-state index in [9.17, 15) is 18.0 Å². The number of nitrogens with one attached hydrogen (secondary N) is 1. The molecule has 0 fully saturated rings. The first-order valence-corrected chi connectivity index (χ1v) is 5.22. The van der Waals surface area contributed by atoms with Gasteiger partial charge in [0.2, 0.25) is 0 Å². The zero-order valence-electron chi connectivity index (χ0n) is 8.31. The molecule has 1 rings (SSSR count). The monoisotopic (exact) mass is 286 g/mol. The maximum Gasteiger partial charge on any atom is 0.390 e. The lowest BCUT2D eigenvalue weighted by Crippen LogP contribution is -2.28. The average molecular weight is 287 g/mol. The van der Waals surface area contributed by atoms with Gasteiger partial charge in [-0.3, -0.25) is 4.79 Å². The number of hydrogen-bond donors (Lipinski definition) is 1. The molecule has 0 radical (unpaired) electrons. The maximum absolute atomic E-state index is 11.8. The number of carbonyl (C=O) groups is 1. The number of amides is 1. The van der Waals surface area contributed by atoms with Gasteiger partial charge in [0, 0.05) is 6.54 Å². The Bertz CT molecular complexity index is 423. The van der Waals surface area contributed by atoms with Crippen molar-refractivity contribution < 1.29 is 18.0 Å². The molecule has 0 atom stereocenters. The summed E-state index contributed by atoms with van der Waals surface area (Å²) >= 11 is 11.1. The van der Waals surface area contributed by atoms with Crippen LogP contribution in [0.5, 0.6) is 0 Å². The van der Waals surface area contributed by atoms with E-state index in [-0.39, 0.29) is 15.9 Å². The number of halogens is 5. The van der Waals surface area contributed by atoms with Crippen LogP contribution in [-0.2, 0) is 0 Å². The lowest BCUT2D eigenvalue weighted by Gasteiger charge is -2.08. The van der Waals surface area contributed by atoms with Crippen molar-refractivity contribution in [2.45, 2.75) is 12.6 Å². The largest absolute Gasteiger partial charge is 0.390 e. The van der Waals surface area contributed by atoms with E-state index >= 15 is 0 Å². The zero-order chi connectivity index (χ0) is 13.1. The van der Waals surface area contributed by atoms with E-state index < -0.39 is 25.0 Å². The number of nitrogens with zero attached hydrogens (tertiary/aromatic N) is 1. The second-order valence-corrected chi connectivity index (χ2v) is 3.84. The maximum atomic E-state index is 11.8. The summed E-state index contributed by atoms with van der Waals surface area (Å²) in [5, 5.41) is 2.04. The molecule has 94 valence electrons. The van der Waals surface area contributed by atoms with Gasteiger partial charge < -0.3 is 5.32 Å². The van der Waals surface area contributed by atoms with Gasteiger partial charge in [-0.2, -0.15) is 13.2 Å². The van der Waals surface area contributed by atoms with Crippen LogP contribution in [0.25, 0.3) is 0 Å². The van der Waals surface area contributed by atoms with Gasteiger partial charge in [0.15, 0.2) is 0 Å². The molecule has 1 aromatic heterocycles. The number of pyridine rings is 1.